The summed E-state index contributed by atoms with van der Waals surface area (Å²) in [5.74, 6) is 1.86. The van der Waals surface area contributed by atoms with Gasteiger partial charge in [0, 0.05) is 5.54 Å². The third kappa shape index (κ3) is 1.14. The van der Waals surface area contributed by atoms with Crippen LogP contribution in [0.5, 0.6) is 5.75 Å². The summed E-state index contributed by atoms with van der Waals surface area (Å²) in [6.07, 6.45) is 3.80. The Labute approximate surface area is 83.7 Å². The molecule has 2 heteroatoms. The van der Waals surface area contributed by atoms with Gasteiger partial charge in [0.05, 0.1) is 0 Å². The molecule has 0 spiro atoms. The monoisotopic (exact) mass is 189 g/mol. The van der Waals surface area contributed by atoms with Crippen LogP contribution in [0, 0.1) is 11.8 Å². The second kappa shape index (κ2) is 2.51. The van der Waals surface area contributed by atoms with Gasteiger partial charge in [0.2, 0.25) is 0 Å². The van der Waals surface area contributed by atoms with Crippen molar-refractivity contribution in [3.8, 4) is 5.75 Å². The normalized spacial score (nSPS) is 35.6. The zero-order valence-corrected chi connectivity index (χ0v) is 8.11. The molecule has 0 heterocycles. The standard InChI is InChI=1S/C12H15NO/c13-12(7-11(12)8-4-5-8)9-2-1-3-10(14)6-9/h1-3,6,8,11,14H,4-5,7,13H2. The van der Waals surface area contributed by atoms with E-state index in [-0.39, 0.29) is 5.54 Å². The van der Waals surface area contributed by atoms with Crippen molar-refractivity contribution in [2.24, 2.45) is 17.6 Å². The number of phenols is 1. The molecule has 0 aromatic heterocycles. The van der Waals surface area contributed by atoms with Crippen molar-refractivity contribution in [2.75, 3.05) is 0 Å². The molecule has 1 aromatic carbocycles. The van der Waals surface area contributed by atoms with Gasteiger partial charge in [0.25, 0.3) is 0 Å². The molecule has 0 saturated heterocycles. The highest BCUT2D eigenvalue weighted by Crippen LogP contribution is 2.60. The molecule has 14 heavy (non-hydrogen) atoms. The minimum Gasteiger partial charge on any atom is -0.508 e. The van der Waals surface area contributed by atoms with Crippen molar-refractivity contribution >= 4 is 0 Å². The third-order valence-electron chi connectivity index (χ3n) is 3.63. The van der Waals surface area contributed by atoms with E-state index in [1.54, 1.807) is 6.07 Å². The molecule has 0 radical (unpaired) electrons. The predicted octanol–water partition coefficient (Wildman–Crippen LogP) is 1.98. The van der Waals surface area contributed by atoms with E-state index in [0.717, 1.165) is 17.9 Å². The maximum atomic E-state index is 9.39. The minimum absolute atomic E-state index is 0.125. The fraction of sp³-hybridized carbons (Fsp3) is 0.500. The topological polar surface area (TPSA) is 46.2 Å². The molecule has 2 aliphatic rings. The molecule has 3 rings (SSSR count). The van der Waals surface area contributed by atoms with Gasteiger partial charge in [-0.3, -0.25) is 0 Å². The summed E-state index contributed by atoms with van der Waals surface area (Å²) >= 11 is 0. The first-order valence-electron chi connectivity index (χ1n) is 5.28. The largest absolute Gasteiger partial charge is 0.508 e. The van der Waals surface area contributed by atoms with Crippen LogP contribution in [0.15, 0.2) is 24.3 Å². The first-order chi connectivity index (χ1) is 6.70. The summed E-state index contributed by atoms with van der Waals surface area (Å²) in [7, 11) is 0. The lowest BCUT2D eigenvalue weighted by atomic mass is 10.0. The van der Waals surface area contributed by atoms with Crippen molar-refractivity contribution in [1.82, 2.24) is 0 Å². The summed E-state index contributed by atoms with van der Waals surface area (Å²) in [4.78, 5) is 0. The molecule has 2 fully saturated rings. The van der Waals surface area contributed by atoms with Crippen LogP contribution in [-0.2, 0) is 5.54 Å². The van der Waals surface area contributed by atoms with E-state index in [2.05, 4.69) is 0 Å². The quantitative estimate of drug-likeness (QED) is 0.747. The van der Waals surface area contributed by atoms with Gasteiger partial charge in [-0.25, -0.2) is 0 Å². The number of phenolic OH excluding ortho intramolecular Hbond substituents is 1. The minimum atomic E-state index is -0.125. The lowest BCUT2D eigenvalue weighted by Crippen LogP contribution is -2.22. The molecular weight excluding hydrogens is 174 g/mol. The van der Waals surface area contributed by atoms with Crippen molar-refractivity contribution in [3.05, 3.63) is 29.8 Å². The van der Waals surface area contributed by atoms with Crippen LogP contribution in [-0.4, -0.2) is 5.11 Å². The highest BCUT2D eigenvalue weighted by Gasteiger charge is 2.58. The van der Waals surface area contributed by atoms with Gasteiger partial charge in [-0.05, 0) is 48.8 Å². The number of benzene rings is 1. The summed E-state index contributed by atoms with van der Waals surface area (Å²) in [5.41, 5.74) is 7.29. The molecule has 0 amide bonds. The van der Waals surface area contributed by atoms with Gasteiger partial charge in [0.1, 0.15) is 5.75 Å². The van der Waals surface area contributed by atoms with Crippen LogP contribution in [0.2, 0.25) is 0 Å². The summed E-state index contributed by atoms with van der Waals surface area (Å²) in [5, 5.41) is 9.39. The van der Waals surface area contributed by atoms with Crippen LogP contribution < -0.4 is 5.73 Å². The van der Waals surface area contributed by atoms with Crippen molar-refractivity contribution in [1.29, 1.82) is 0 Å². The van der Waals surface area contributed by atoms with E-state index in [9.17, 15) is 5.11 Å². The Morgan fingerprint density at radius 3 is 2.79 bits per heavy atom. The number of rotatable bonds is 2. The zero-order valence-electron chi connectivity index (χ0n) is 8.11. The van der Waals surface area contributed by atoms with E-state index in [0.29, 0.717) is 11.7 Å². The first kappa shape index (κ1) is 8.30. The van der Waals surface area contributed by atoms with Crippen molar-refractivity contribution < 1.29 is 5.11 Å². The van der Waals surface area contributed by atoms with Gasteiger partial charge >= 0.3 is 0 Å². The smallest absolute Gasteiger partial charge is 0.115 e. The highest BCUT2D eigenvalue weighted by molar-refractivity contribution is 5.38. The molecule has 3 N–H and O–H groups in total. The highest BCUT2D eigenvalue weighted by atomic mass is 16.3. The Kier molecular flexibility index (Phi) is 1.49. The van der Waals surface area contributed by atoms with E-state index >= 15 is 0 Å². The molecule has 2 aliphatic carbocycles. The van der Waals surface area contributed by atoms with E-state index in [4.69, 9.17) is 5.73 Å². The fourth-order valence-electron chi connectivity index (χ4n) is 2.52. The summed E-state index contributed by atoms with van der Waals surface area (Å²) < 4.78 is 0. The fourth-order valence-corrected chi connectivity index (χ4v) is 2.52. The van der Waals surface area contributed by atoms with Gasteiger partial charge < -0.3 is 10.8 Å². The number of nitrogens with two attached hydrogens (primary N) is 1. The molecule has 0 bridgehead atoms. The molecule has 2 saturated carbocycles. The number of hydrogen-bond donors (Lipinski definition) is 2. The van der Waals surface area contributed by atoms with Gasteiger partial charge in [0.15, 0.2) is 0 Å². The van der Waals surface area contributed by atoms with Crippen LogP contribution >= 0.6 is 0 Å². The van der Waals surface area contributed by atoms with E-state index in [1.807, 2.05) is 18.2 Å². The average Bonchev–Trinajstić information content (AvgIpc) is 2.98. The van der Waals surface area contributed by atoms with Gasteiger partial charge in [-0.1, -0.05) is 12.1 Å². The lowest BCUT2D eigenvalue weighted by Gasteiger charge is -2.11. The Bertz CT molecular complexity index is 372. The van der Waals surface area contributed by atoms with E-state index < -0.39 is 0 Å². The first-order valence-corrected chi connectivity index (χ1v) is 5.28. The Hall–Kier alpha value is -1.02. The van der Waals surface area contributed by atoms with E-state index in [1.165, 1.54) is 12.8 Å². The lowest BCUT2D eigenvalue weighted by molar-refractivity contribution is 0.472. The van der Waals surface area contributed by atoms with Gasteiger partial charge in [-0.15, -0.1) is 0 Å². The third-order valence-corrected chi connectivity index (χ3v) is 3.63. The Morgan fingerprint density at radius 1 is 1.36 bits per heavy atom. The summed E-state index contributed by atoms with van der Waals surface area (Å²) in [6.45, 7) is 0. The average molecular weight is 189 g/mol. The second-order valence-corrected chi connectivity index (χ2v) is 4.74. The molecule has 2 atom stereocenters. The number of hydrogen-bond acceptors (Lipinski definition) is 2. The Balaban J connectivity index is 1.88. The number of aromatic hydroxyl groups is 1. The SMILES string of the molecule is NC1(c2cccc(O)c2)CC1C1CC1. The molecular formula is C12H15NO. The molecule has 0 aliphatic heterocycles. The maximum Gasteiger partial charge on any atom is 0.115 e. The van der Waals surface area contributed by atoms with Crippen LogP contribution in [0.25, 0.3) is 0 Å². The zero-order chi connectivity index (χ0) is 9.76. The summed E-state index contributed by atoms with van der Waals surface area (Å²) in [6, 6.07) is 7.41. The molecule has 2 nitrogen and oxygen atoms in total. The predicted molar refractivity (Wildman–Crippen MR) is 54.8 cm³/mol. The second-order valence-electron chi connectivity index (χ2n) is 4.74. The molecule has 74 valence electrons. The Morgan fingerprint density at radius 2 is 2.14 bits per heavy atom. The van der Waals surface area contributed by atoms with Crippen molar-refractivity contribution in [3.63, 3.8) is 0 Å². The van der Waals surface area contributed by atoms with Crippen LogP contribution in [0.4, 0.5) is 0 Å². The van der Waals surface area contributed by atoms with Crippen LogP contribution in [0.3, 0.4) is 0 Å². The molecule has 1 aromatic rings. The maximum absolute atomic E-state index is 9.39. The molecule has 2 unspecified atom stereocenters. The van der Waals surface area contributed by atoms with Gasteiger partial charge in [-0.2, -0.15) is 0 Å². The van der Waals surface area contributed by atoms with Crippen molar-refractivity contribution in [2.45, 2.75) is 24.8 Å². The van der Waals surface area contributed by atoms with Crippen LogP contribution in [0.1, 0.15) is 24.8 Å².